The van der Waals surface area contributed by atoms with Crippen molar-refractivity contribution in [3.63, 3.8) is 0 Å². The molecule has 0 fully saturated rings. The zero-order valence-electron chi connectivity index (χ0n) is 16.3. The maximum absolute atomic E-state index is 13.0. The highest BCUT2D eigenvalue weighted by molar-refractivity contribution is 6.09. The summed E-state index contributed by atoms with van der Waals surface area (Å²) < 4.78 is 43.9. The van der Waals surface area contributed by atoms with Gasteiger partial charge in [-0.1, -0.05) is 18.2 Å². The summed E-state index contributed by atoms with van der Waals surface area (Å²) in [5, 5.41) is 2.91. The molecule has 0 spiro atoms. The number of methoxy groups -OCH3 is 1. The minimum atomic E-state index is -4.42. The number of amides is 1. The quantitative estimate of drug-likeness (QED) is 0.562. The molecule has 0 bridgehead atoms. The first-order chi connectivity index (χ1) is 14.3. The van der Waals surface area contributed by atoms with Crippen molar-refractivity contribution < 1.29 is 22.7 Å². The third-order valence-corrected chi connectivity index (χ3v) is 5.35. The van der Waals surface area contributed by atoms with E-state index >= 15 is 0 Å². The monoisotopic (exact) mass is 411 g/mol. The molecule has 0 saturated carbocycles. The summed E-state index contributed by atoms with van der Waals surface area (Å²) in [5.74, 6) is 0.185. The van der Waals surface area contributed by atoms with Gasteiger partial charge in [-0.3, -0.25) is 4.79 Å². The normalized spacial score (nSPS) is 13.1. The average Bonchev–Trinajstić information content (AvgIpc) is 3.20. The molecule has 3 nitrogen and oxygen atoms in total. The summed E-state index contributed by atoms with van der Waals surface area (Å²) in [5.41, 5.74) is 3.88. The van der Waals surface area contributed by atoms with E-state index in [1.54, 1.807) is 18.2 Å². The molecular formula is C24H20F3NO2. The van der Waals surface area contributed by atoms with Crippen LogP contribution in [0.5, 0.6) is 5.75 Å². The Morgan fingerprint density at radius 1 is 0.933 bits per heavy atom. The first kappa shape index (κ1) is 20.0. The Morgan fingerprint density at radius 2 is 1.67 bits per heavy atom. The number of carbonyl (C=O) groups excluding carboxylic acids is 1. The summed E-state index contributed by atoms with van der Waals surface area (Å²) in [4.78, 5) is 13.0. The summed E-state index contributed by atoms with van der Waals surface area (Å²) in [6, 6.07) is 15.6. The standard InChI is InChI=1S/C24H20F3NO2/c1-30-20-11-12-21(22(14-20)16-5-8-18(9-6-16)24(25,26)27)23(29)28-19-10-7-15-3-2-4-17(15)13-19/h5-14H,2-4H2,1H3,(H,28,29). The summed E-state index contributed by atoms with van der Waals surface area (Å²) in [7, 11) is 1.50. The van der Waals surface area contributed by atoms with E-state index in [0.29, 0.717) is 28.1 Å². The van der Waals surface area contributed by atoms with Crippen molar-refractivity contribution >= 4 is 11.6 Å². The average molecular weight is 411 g/mol. The van der Waals surface area contributed by atoms with Gasteiger partial charge in [-0.2, -0.15) is 13.2 Å². The van der Waals surface area contributed by atoms with Crippen LogP contribution in [0.1, 0.15) is 33.5 Å². The van der Waals surface area contributed by atoms with E-state index in [9.17, 15) is 18.0 Å². The number of rotatable bonds is 4. The van der Waals surface area contributed by atoms with Crippen molar-refractivity contribution in [1.29, 1.82) is 0 Å². The molecule has 6 heteroatoms. The number of aryl methyl sites for hydroxylation is 2. The minimum Gasteiger partial charge on any atom is -0.497 e. The number of nitrogens with one attached hydrogen (secondary N) is 1. The second kappa shape index (κ2) is 7.86. The van der Waals surface area contributed by atoms with E-state index in [2.05, 4.69) is 5.32 Å². The van der Waals surface area contributed by atoms with Crippen molar-refractivity contribution in [1.82, 2.24) is 0 Å². The maximum atomic E-state index is 13.0. The molecule has 0 atom stereocenters. The highest BCUT2D eigenvalue weighted by atomic mass is 19.4. The number of alkyl halides is 3. The zero-order chi connectivity index (χ0) is 21.3. The van der Waals surface area contributed by atoms with Crippen LogP contribution in [0.3, 0.4) is 0 Å². The molecule has 0 aromatic heterocycles. The van der Waals surface area contributed by atoms with Crippen LogP contribution in [0.2, 0.25) is 0 Å². The number of carbonyl (C=O) groups is 1. The topological polar surface area (TPSA) is 38.3 Å². The lowest BCUT2D eigenvalue weighted by atomic mass is 9.97. The molecule has 1 aliphatic carbocycles. The molecule has 30 heavy (non-hydrogen) atoms. The first-order valence-electron chi connectivity index (χ1n) is 9.64. The second-order valence-corrected chi connectivity index (χ2v) is 7.28. The van der Waals surface area contributed by atoms with Crippen molar-refractivity contribution in [2.75, 3.05) is 12.4 Å². The number of benzene rings is 3. The lowest BCUT2D eigenvalue weighted by Crippen LogP contribution is -2.13. The lowest BCUT2D eigenvalue weighted by Gasteiger charge is -2.14. The Bertz CT molecular complexity index is 1090. The van der Waals surface area contributed by atoms with Crippen LogP contribution >= 0.6 is 0 Å². The predicted octanol–water partition coefficient (Wildman–Crippen LogP) is 6.12. The zero-order valence-corrected chi connectivity index (χ0v) is 16.3. The van der Waals surface area contributed by atoms with Crippen molar-refractivity contribution in [2.24, 2.45) is 0 Å². The van der Waals surface area contributed by atoms with E-state index in [1.165, 1.54) is 30.4 Å². The molecule has 0 aliphatic heterocycles. The summed E-state index contributed by atoms with van der Waals surface area (Å²) in [6.45, 7) is 0. The third-order valence-electron chi connectivity index (χ3n) is 5.35. The molecule has 0 unspecified atom stereocenters. The van der Waals surface area contributed by atoms with Crippen LogP contribution in [0.25, 0.3) is 11.1 Å². The Kier molecular flexibility index (Phi) is 5.24. The molecule has 3 aromatic carbocycles. The minimum absolute atomic E-state index is 0.328. The van der Waals surface area contributed by atoms with Crippen LogP contribution in [-0.2, 0) is 19.0 Å². The van der Waals surface area contributed by atoms with Gasteiger partial charge in [-0.05, 0) is 84.0 Å². The van der Waals surface area contributed by atoms with E-state index < -0.39 is 11.7 Å². The van der Waals surface area contributed by atoms with Gasteiger partial charge < -0.3 is 10.1 Å². The number of hydrogen-bond donors (Lipinski definition) is 1. The fourth-order valence-electron chi connectivity index (χ4n) is 3.77. The molecular weight excluding hydrogens is 391 g/mol. The van der Waals surface area contributed by atoms with E-state index in [0.717, 1.165) is 31.4 Å². The van der Waals surface area contributed by atoms with Gasteiger partial charge in [0.15, 0.2) is 0 Å². The molecule has 154 valence electrons. The van der Waals surface area contributed by atoms with Crippen LogP contribution in [0, 0.1) is 0 Å². The summed E-state index contributed by atoms with van der Waals surface area (Å²) >= 11 is 0. The second-order valence-electron chi connectivity index (χ2n) is 7.28. The van der Waals surface area contributed by atoms with Gasteiger partial charge in [0.25, 0.3) is 5.91 Å². The van der Waals surface area contributed by atoms with Gasteiger partial charge >= 0.3 is 6.18 Å². The predicted molar refractivity (Wildman–Crippen MR) is 110 cm³/mol. The number of fused-ring (bicyclic) bond motifs is 1. The van der Waals surface area contributed by atoms with E-state index in [1.807, 2.05) is 18.2 Å². The van der Waals surface area contributed by atoms with Crippen molar-refractivity contribution in [3.8, 4) is 16.9 Å². The fourth-order valence-corrected chi connectivity index (χ4v) is 3.77. The van der Waals surface area contributed by atoms with Gasteiger partial charge in [0.1, 0.15) is 5.75 Å². The molecule has 1 N–H and O–H groups in total. The Morgan fingerprint density at radius 3 is 2.37 bits per heavy atom. The molecule has 3 aromatic rings. The molecule has 0 saturated heterocycles. The first-order valence-corrected chi connectivity index (χ1v) is 9.64. The van der Waals surface area contributed by atoms with Crippen LogP contribution in [-0.4, -0.2) is 13.0 Å². The van der Waals surface area contributed by atoms with Crippen LogP contribution in [0.4, 0.5) is 18.9 Å². The van der Waals surface area contributed by atoms with E-state index in [4.69, 9.17) is 4.74 Å². The van der Waals surface area contributed by atoms with Gasteiger partial charge in [-0.25, -0.2) is 0 Å². The fraction of sp³-hybridized carbons (Fsp3) is 0.208. The summed E-state index contributed by atoms with van der Waals surface area (Å²) in [6.07, 6.45) is -1.25. The molecule has 4 rings (SSSR count). The van der Waals surface area contributed by atoms with Crippen LogP contribution in [0.15, 0.2) is 60.7 Å². The molecule has 1 aliphatic rings. The lowest BCUT2D eigenvalue weighted by molar-refractivity contribution is -0.137. The van der Waals surface area contributed by atoms with Gasteiger partial charge in [0, 0.05) is 11.3 Å². The Hall–Kier alpha value is -3.28. The largest absolute Gasteiger partial charge is 0.497 e. The smallest absolute Gasteiger partial charge is 0.416 e. The van der Waals surface area contributed by atoms with E-state index in [-0.39, 0.29) is 5.91 Å². The van der Waals surface area contributed by atoms with Gasteiger partial charge in [0.2, 0.25) is 0 Å². The Balaban J connectivity index is 1.67. The molecule has 0 heterocycles. The highest BCUT2D eigenvalue weighted by Crippen LogP contribution is 2.33. The number of ether oxygens (including phenoxy) is 1. The Labute approximate surface area is 172 Å². The van der Waals surface area contributed by atoms with Crippen LogP contribution < -0.4 is 10.1 Å². The third kappa shape index (κ3) is 4.03. The SMILES string of the molecule is COc1ccc(C(=O)Nc2ccc3c(c2)CCC3)c(-c2ccc(C(F)(F)F)cc2)c1. The van der Waals surface area contributed by atoms with Gasteiger partial charge in [-0.15, -0.1) is 0 Å². The number of hydrogen-bond acceptors (Lipinski definition) is 2. The number of anilines is 1. The highest BCUT2D eigenvalue weighted by Gasteiger charge is 2.30. The number of halogens is 3. The van der Waals surface area contributed by atoms with Crippen molar-refractivity contribution in [3.05, 3.63) is 82.9 Å². The van der Waals surface area contributed by atoms with Gasteiger partial charge in [0.05, 0.1) is 12.7 Å². The van der Waals surface area contributed by atoms with Crippen molar-refractivity contribution in [2.45, 2.75) is 25.4 Å². The molecule has 1 amide bonds. The molecule has 0 radical (unpaired) electrons. The maximum Gasteiger partial charge on any atom is 0.416 e.